The Morgan fingerprint density at radius 3 is 2.54 bits per heavy atom. The quantitative estimate of drug-likeness (QED) is 0.291. The first kappa shape index (κ1) is 22.2. The van der Waals surface area contributed by atoms with Gasteiger partial charge in [0, 0.05) is 26.7 Å². The third-order valence-electron chi connectivity index (χ3n) is 4.37. The van der Waals surface area contributed by atoms with Crippen molar-refractivity contribution < 1.29 is 14.3 Å². The molecule has 0 radical (unpaired) electrons. The summed E-state index contributed by atoms with van der Waals surface area (Å²) in [5.41, 5.74) is 1.05. The molecule has 7 nitrogen and oxygen atoms in total. The van der Waals surface area contributed by atoms with E-state index in [4.69, 9.17) is 4.74 Å². The average Bonchev–Trinajstić information content (AvgIpc) is 3.02. The van der Waals surface area contributed by atoms with Gasteiger partial charge >= 0.3 is 5.97 Å². The van der Waals surface area contributed by atoms with Gasteiger partial charge in [0.25, 0.3) is 0 Å². The van der Waals surface area contributed by atoms with Crippen molar-refractivity contribution in [2.24, 2.45) is 16.8 Å². The van der Waals surface area contributed by atoms with Gasteiger partial charge in [0.1, 0.15) is 0 Å². The van der Waals surface area contributed by atoms with E-state index in [0.29, 0.717) is 25.6 Å². The molecule has 0 spiro atoms. The van der Waals surface area contributed by atoms with E-state index in [1.807, 2.05) is 42.2 Å². The number of esters is 1. The van der Waals surface area contributed by atoms with Crippen LogP contribution < -0.4 is 10.6 Å². The highest BCUT2D eigenvalue weighted by molar-refractivity contribution is 14.0. The maximum Gasteiger partial charge on any atom is 0.310 e. The van der Waals surface area contributed by atoms with Crippen LogP contribution in [-0.2, 0) is 20.9 Å². The number of nitrogens with one attached hydrogen (secondary N) is 2. The lowest BCUT2D eigenvalue weighted by Gasteiger charge is -2.21. The first-order chi connectivity index (χ1) is 12.0. The van der Waals surface area contributed by atoms with E-state index in [1.54, 1.807) is 7.05 Å². The van der Waals surface area contributed by atoms with Crippen LogP contribution in [0.3, 0.4) is 0 Å². The van der Waals surface area contributed by atoms with Gasteiger partial charge in [-0.1, -0.05) is 37.3 Å². The monoisotopic (exact) mass is 474 g/mol. The minimum atomic E-state index is -0.203. The number of nitrogens with zero attached hydrogens (tertiary/aromatic N) is 2. The number of amides is 1. The Hall–Kier alpha value is -1.84. The number of hydrogen-bond donors (Lipinski definition) is 2. The van der Waals surface area contributed by atoms with Crippen LogP contribution in [0.4, 0.5) is 0 Å². The largest absolute Gasteiger partial charge is 0.469 e. The number of aliphatic imine (C=N–C) groups is 1. The number of rotatable bonds is 5. The fraction of sp³-hybridized carbons (Fsp3) is 0.500. The van der Waals surface area contributed by atoms with Gasteiger partial charge in [0.05, 0.1) is 19.6 Å². The number of halogens is 1. The van der Waals surface area contributed by atoms with Gasteiger partial charge in [-0.15, -0.1) is 24.0 Å². The maximum absolute atomic E-state index is 12.0. The number of carbonyl (C=O) groups is 2. The molecule has 0 bridgehead atoms. The predicted octanol–water partition coefficient (Wildman–Crippen LogP) is 1.24. The van der Waals surface area contributed by atoms with Crippen molar-refractivity contribution in [2.75, 3.05) is 33.8 Å². The van der Waals surface area contributed by atoms with Crippen LogP contribution in [0.5, 0.6) is 0 Å². The lowest BCUT2D eigenvalue weighted by atomic mass is 9.99. The van der Waals surface area contributed by atoms with Crippen LogP contribution in [0.2, 0.25) is 0 Å². The zero-order chi connectivity index (χ0) is 18.2. The smallest absolute Gasteiger partial charge is 0.310 e. The van der Waals surface area contributed by atoms with Crippen molar-refractivity contribution in [3.8, 4) is 0 Å². The molecule has 1 aliphatic heterocycles. The fourth-order valence-corrected chi connectivity index (χ4v) is 2.95. The molecule has 1 amide bonds. The Morgan fingerprint density at radius 2 is 1.92 bits per heavy atom. The summed E-state index contributed by atoms with van der Waals surface area (Å²) in [5, 5.41) is 5.92. The summed E-state index contributed by atoms with van der Waals surface area (Å²) in [4.78, 5) is 30.0. The van der Waals surface area contributed by atoms with E-state index in [-0.39, 0.29) is 54.2 Å². The fourth-order valence-electron chi connectivity index (χ4n) is 2.95. The van der Waals surface area contributed by atoms with Crippen molar-refractivity contribution in [2.45, 2.75) is 13.5 Å². The second kappa shape index (κ2) is 11.0. The number of ether oxygens (including phenoxy) is 1. The minimum Gasteiger partial charge on any atom is -0.469 e. The summed E-state index contributed by atoms with van der Waals surface area (Å²) in [6.07, 6.45) is 0. The third kappa shape index (κ3) is 6.15. The van der Waals surface area contributed by atoms with E-state index in [0.717, 1.165) is 5.56 Å². The van der Waals surface area contributed by atoms with Crippen LogP contribution in [0.1, 0.15) is 12.5 Å². The molecular weight excluding hydrogens is 447 g/mol. The van der Waals surface area contributed by atoms with E-state index >= 15 is 0 Å². The Balaban J connectivity index is 0.00000338. The second-order valence-electron chi connectivity index (χ2n) is 6.18. The molecule has 0 aliphatic carbocycles. The Kier molecular flexibility index (Phi) is 9.39. The molecule has 26 heavy (non-hydrogen) atoms. The Labute approximate surface area is 171 Å². The van der Waals surface area contributed by atoms with Crippen molar-refractivity contribution in [3.05, 3.63) is 35.9 Å². The third-order valence-corrected chi connectivity index (χ3v) is 4.37. The summed E-state index contributed by atoms with van der Waals surface area (Å²) in [6.45, 7) is 3.88. The van der Waals surface area contributed by atoms with Gasteiger partial charge in [0.15, 0.2) is 5.96 Å². The summed E-state index contributed by atoms with van der Waals surface area (Å²) in [6, 6.07) is 9.74. The van der Waals surface area contributed by atoms with Crippen LogP contribution in [0.15, 0.2) is 35.3 Å². The minimum absolute atomic E-state index is 0. The Morgan fingerprint density at radius 1 is 1.23 bits per heavy atom. The van der Waals surface area contributed by atoms with Crippen molar-refractivity contribution >= 4 is 41.8 Å². The molecule has 1 aliphatic rings. The first-order valence-electron chi connectivity index (χ1n) is 8.39. The molecule has 1 heterocycles. The summed E-state index contributed by atoms with van der Waals surface area (Å²) in [7, 11) is 3.07. The van der Waals surface area contributed by atoms with Crippen molar-refractivity contribution in [1.82, 2.24) is 15.5 Å². The molecule has 2 rings (SSSR count). The topological polar surface area (TPSA) is 83.0 Å². The highest BCUT2D eigenvalue weighted by Crippen LogP contribution is 2.23. The molecule has 1 fully saturated rings. The molecule has 1 aromatic rings. The zero-order valence-electron chi connectivity index (χ0n) is 15.4. The van der Waals surface area contributed by atoms with Crippen LogP contribution in [0.25, 0.3) is 0 Å². The molecule has 0 aromatic heterocycles. The molecule has 144 valence electrons. The van der Waals surface area contributed by atoms with Gasteiger partial charge in [-0.3, -0.25) is 14.6 Å². The molecule has 2 unspecified atom stereocenters. The first-order valence-corrected chi connectivity index (χ1v) is 8.39. The lowest BCUT2D eigenvalue weighted by molar-refractivity contribution is -0.146. The number of benzene rings is 1. The van der Waals surface area contributed by atoms with E-state index in [2.05, 4.69) is 15.6 Å². The summed E-state index contributed by atoms with van der Waals surface area (Å²) < 4.78 is 4.85. The number of likely N-dealkylation sites (tertiary alicyclic amines) is 1. The molecule has 1 aromatic carbocycles. The molecule has 8 heteroatoms. The number of carbonyl (C=O) groups excluding carboxylic acids is 2. The van der Waals surface area contributed by atoms with Gasteiger partial charge in [-0.05, 0) is 11.5 Å². The SMILES string of the molecule is CN=C(NCC(=O)NCc1ccccc1)N1CC(C)C(C(=O)OC)C1.I. The van der Waals surface area contributed by atoms with Crippen molar-refractivity contribution in [1.29, 1.82) is 0 Å². The zero-order valence-corrected chi connectivity index (χ0v) is 17.7. The lowest BCUT2D eigenvalue weighted by Crippen LogP contribution is -2.44. The van der Waals surface area contributed by atoms with Gasteiger partial charge in [0.2, 0.25) is 5.91 Å². The van der Waals surface area contributed by atoms with Crippen molar-refractivity contribution in [3.63, 3.8) is 0 Å². The second-order valence-corrected chi connectivity index (χ2v) is 6.18. The van der Waals surface area contributed by atoms with Gasteiger partial charge in [-0.2, -0.15) is 0 Å². The maximum atomic E-state index is 12.0. The van der Waals surface area contributed by atoms with Crippen LogP contribution in [0, 0.1) is 11.8 Å². The highest BCUT2D eigenvalue weighted by Gasteiger charge is 2.36. The van der Waals surface area contributed by atoms with E-state index in [9.17, 15) is 9.59 Å². The molecule has 2 atom stereocenters. The van der Waals surface area contributed by atoms with E-state index in [1.165, 1.54) is 7.11 Å². The number of methoxy groups -OCH3 is 1. The van der Waals surface area contributed by atoms with E-state index < -0.39 is 0 Å². The Bertz CT molecular complexity index is 624. The standard InChI is InChI=1S/C18H26N4O3.HI/c1-13-11-22(12-15(13)17(24)25-3)18(19-2)21-10-16(23)20-9-14-7-5-4-6-8-14;/h4-8,13,15H,9-12H2,1-3H3,(H,19,21)(H,20,23);1H. The molecular formula is C18H27IN4O3. The molecule has 2 N–H and O–H groups in total. The average molecular weight is 474 g/mol. The highest BCUT2D eigenvalue weighted by atomic mass is 127. The summed E-state index contributed by atoms with van der Waals surface area (Å²) in [5.74, 6) is 0.314. The predicted molar refractivity (Wildman–Crippen MR) is 111 cm³/mol. The van der Waals surface area contributed by atoms with Gasteiger partial charge in [-0.25, -0.2) is 0 Å². The molecule has 0 saturated carbocycles. The normalized spacial score (nSPS) is 19.5. The number of guanidine groups is 1. The molecule has 1 saturated heterocycles. The number of hydrogen-bond acceptors (Lipinski definition) is 4. The van der Waals surface area contributed by atoms with Crippen LogP contribution >= 0.6 is 24.0 Å². The van der Waals surface area contributed by atoms with Gasteiger partial charge < -0.3 is 20.3 Å². The van der Waals surface area contributed by atoms with Crippen LogP contribution in [-0.4, -0.2) is 56.5 Å². The summed E-state index contributed by atoms with van der Waals surface area (Å²) >= 11 is 0.